The summed E-state index contributed by atoms with van der Waals surface area (Å²) in [4.78, 5) is 0. The highest BCUT2D eigenvalue weighted by molar-refractivity contribution is 5.23. The van der Waals surface area contributed by atoms with Crippen molar-refractivity contribution in [2.24, 2.45) is 10.8 Å². The van der Waals surface area contributed by atoms with E-state index in [0.717, 1.165) is 0 Å². The fraction of sp³-hybridized carbons (Fsp3) is 0.733. The van der Waals surface area contributed by atoms with Crippen molar-refractivity contribution in [1.82, 2.24) is 0 Å². The van der Waals surface area contributed by atoms with Gasteiger partial charge in [0.2, 0.25) is 0 Å². The minimum Gasteiger partial charge on any atom is -0.393 e. The molecule has 0 aliphatic heterocycles. The highest BCUT2D eigenvalue weighted by atomic mass is 16.3. The van der Waals surface area contributed by atoms with E-state index in [4.69, 9.17) is 0 Å². The zero-order valence-electron chi connectivity index (χ0n) is 11.2. The van der Waals surface area contributed by atoms with Crippen molar-refractivity contribution in [2.75, 3.05) is 0 Å². The molecule has 4 atom stereocenters. The number of aliphatic hydroxyl groups is 4. The van der Waals surface area contributed by atoms with Crippen molar-refractivity contribution in [2.45, 2.75) is 56.5 Å². The zero-order valence-corrected chi connectivity index (χ0v) is 11.2. The predicted molar refractivity (Wildman–Crippen MR) is 72.4 cm³/mol. The highest BCUT2D eigenvalue weighted by Crippen LogP contribution is 2.59. The van der Waals surface area contributed by atoms with Gasteiger partial charge in [0.25, 0.3) is 0 Å². The van der Waals surface area contributed by atoms with Gasteiger partial charge in [0.15, 0.2) is 0 Å². The van der Waals surface area contributed by atoms with Crippen LogP contribution in [0.1, 0.15) is 32.1 Å². The molecule has 4 N–H and O–H groups in total. The smallest absolute Gasteiger partial charge is 0.0695 e. The zero-order chi connectivity index (χ0) is 14.3. The lowest BCUT2D eigenvalue weighted by atomic mass is 9.48. The number of aliphatic hydroxyl groups excluding tert-OH is 4. The third kappa shape index (κ3) is 2.17. The summed E-state index contributed by atoms with van der Waals surface area (Å²) in [7, 11) is 0. The maximum absolute atomic E-state index is 10.4. The minimum atomic E-state index is -0.788. The lowest BCUT2D eigenvalue weighted by Crippen LogP contribution is -2.58. The molecule has 0 aromatic heterocycles. The molecule has 0 aromatic carbocycles. The van der Waals surface area contributed by atoms with E-state index in [9.17, 15) is 20.4 Å². The molecule has 0 radical (unpaired) electrons. The van der Waals surface area contributed by atoms with Crippen molar-refractivity contribution in [3.63, 3.8) is 0 Å². The second kappa shape index (κ2) is 5.02. The molecule has 4 unspecified atom stereocenters. The average molecular weight is 268 g/mol. The molecule has 4 heteroatoms. The van der Waals surface area contributed by atoms with E-state index >= 15 is 0 Å². The molecule has 4 nitrogen and oxygen atoms in total. The second-order valence-electron chi connectivity index (χ2n) is 6.18. The molecule has 19 heavy (non-hydrogen) atoms. The first kappa shape index (κ1) is 14.7. The molecule has 0 heterocycles. The summed E-state index contributed by atoms with van der Waals surface area (Å²) < 4.78 is 0. The monoisotopic (exact) mass is 268 g/mol. The quantitative estimate of drug-likeness (QED) is 0.557. The van der Waals surface area contributed by atoms with Crippen molar-refractivity contribution >= 4 is 0 Å². The van der Waals surface area contributed by atoms with Crippen LogP contribution in [0.4, 0.5) is 0 Å². The van der Waals surface area contributed by atoms with E-state index < -0.39 is 35.2 Å². The van der Waals surface area contributed by atoms with Crippen LogP contribution in [-0.4, -0.2) is 44.8 Å². The number of hydrogen-bond donors (Lipinski definition) is 4. The van der Waals surface area contributed by atoms with Gasteiger partial charge in [-0.1, -0.05) is 12.2 Å². The summed E-state index contributed by atoms with van der Waals surface area (Å²) in [5, 5.41) is 40.4. The van der Waals surface area contributed by atoms with E-state index in [1.165, 1.54) is 0 Å². The van der Waals surface area contributed by atoms with E-state index in [2.05, 4.69) is 13.2 Å². The van der Waals surface area contributed by atoms with Crippen molar-refractivity contribution in [3.8, 4) is 0 Å². The van der Waals surface area contributed by atoms with Gasteiger partial charge in [-0.05, 0) is 31.1 Å². The van der Waals surface area contributed by atoms with Crippen LogP contribution < -0.4 is 0 Å². The van der Waals surface area contributed by atoms with E-state index in [1.807, 2.05) is 0 Å². The normalized spacial score (nSPS) is 45.9. The Balaban J connectivity index is 2.47. The van der Waals surface area contributed by atoms with Crippen LogP contribution in [-0.2, 0) is 0 Å². The van der Waals surface area contributed by atoms with Gasteiger partial charge in [-0.3, -0.25) is 0 Å². The van der Waals surface area contributed by atoms with Gasteiger partial charge < -0.3 is 20.4 Å². The Bertz CT molecular complexity index is 336. The maximum atomic E-state index is 10.4. The first-order chi connectivity index (χ1) is 8.89. The number of hydrogen-bond acceptors (Lipinski definition) is 4. The standard InChI is InChI=1S/C15H24O4/c1-3-15(4-2)13(19)6-12(18)9-14(15)7-10(16)5-11(17)8-14/h3-4,10-13,16-19H,1-2,5-9H2. The summed E-state index contributed by atoms with van der Waals surface area (Å²) in [6, 6.07) is 0. The molecule has 0 bridgehead atoms. The summed E-state index contributed by atoms with van der Waals surface area (Å²) >= 11 is 0. The Hall–Kier alpha value is -0.680. The Kier molecular flexibility index (Phi) is 3.89. The third-order valence-electron chi connectivity index (χ3n) is 5.06. The Labute approximate surface area is 114 Å². The molecule has 0 amide bonds. The average Bonchev–Trinajstić information content (AvgIpc) is 2.27. The van der Waals surface area contributed by atoms with Crippen molar-refractivity contribution < 1.29 is 20.4 Å². The van der Waals surface area contributed by atoms with Gasteiger partial charge in [-0.2, -0.15) is 0 Å². The SMILES string of the molecule is C=CC1(C=C)C(O)CC(O)CC12CC(O)CC(O)C2. The summed E-state index contributed by atoms with van der Waals surface area (Å²) in [5.74, 6) is 0. The highest BCUT2D eigenvalue weighted by Gasteiger charge is 2.58. The van der Waals surface area contributed by atoms with Crippen LogP contribution in [0.5, 0.6) is 0 Å². The molecule has 0 saturated heterocycles. The lowest BCUT2D eigenvalue weighted by molar-refractivity contribution is -0.152. The Morgan fingerprint density at radius 3 is 1.63 bits per heavy atom. The summed E-state index contributed by atoms with van der Waals surface area (Å²) in [5.41, 5.74) is -1.35. The molecule has 2 aliphatic rings. The molecule has 1 spiro atoms. The van der Waals surface area contributed by atoms with Crippen molar-refractivity contribution in [3.05, 3.63) is 25.3 Å². The van der Waals surface area contributed by atoms with Gasteiger partial charge >= 0.3 is 0 Å². The Morgan fingerprint density at radius 2 is 1.21 bits per heavy atom. The second-order valence-corrected chi connectivity index (χ2v) is 6.18. The molecule has 2 fully saturated rings. The van der Waals surface area contributed by atoms with E-state index in [0.29, 0.717) is 25.7 Å². The minimum absolute atomic E-state index is 0.270. The van der Waals surface area contributed by atoms with Gasteiger partial charge in [0.1, 0.15) is 0 Å². The van der Waals surface area contributed by atoms with Gasteiger partial charge in [-0.25, -0.2) is 0 Å². The van der Waals surface area contributed by atoms with Gasteiger partial charge in [0, 0.05) is 11.8 Å². The van der Waals surface area contributed by atoms with Crippen LogP contribution >= 0.6 is 0 Å². The fourth-order valence-corrected chi connectivity index (χ4v) is 4.29. The fourth-order valence-electron chi connectivity index (χ4n) is 4.29. The molecule has 2 aliphatic carbocycles. The van der Waals surface area contributed by atoms with Crippen LogP contribution in [0, 0.1) is 10.8 Å². The molecule has 0 aromatic rings. The molecule has 2 rings (SSSR count). The van der Waals surface area contributed by atoms with Crippen LogP contribution in [0.2, 0.25) is 0 Å². The maximum Gasteiger partial charge on any atom is 0.0695 e. The number of rotatable bonds is 2. The van der Waals surface area contributed by atoms with Gasteiger partial charge in [0.05, 0.1) is 24.4 Å². The molecule has 108 valence electrons. The topological polar surface area (TPSA) is 80.9 Å². The third-order valence-corrected chi connectivity index (χ3v) is 5.06. The molecule has 2 saturated carbocycles. The van der Waals surface area contributed by atoms with Crippen molar-refractivity contribution in [1.29, 1.82) is 0 Å². The van der Waals surface area contributed by atoms with E-state index in [1.54, 1.807) is 12.2 Å². The molecular weight excluding hydrogens is 244 g/mol. The van der Waals surface area contributed by atoms with Crippen LogP contribution in [0.15, 0.2) is 25.3 Å². The lowest BCUT2D eigenvalue weighted by Gasteiger charge is -2.58. The van der Waals surface area contributed by atoms with E-state index in [-0.39, 0.29) is 6.42 Å². The largest absolute Gasteiger partial charge is 0.393 e. The van der Waals surface area contributed by atoms with Gasteiger partial charge in [-0.15, -0.1) is 13.2 Å². The molecular formula is C15H24O4. The summed E-state index contributed by atoms with van der Waals surface area (Å²) in [6.45, 7) is 7.65. The summed E-state index contributed by atoms with van der Waals surface area (Å²) in [6.07, 6.45) is 2.61. The van der Waals surface area contributed by atoms with Crippen LogP contribution in [0.25, 0.3) is 0 Å². The van der Waals surface area contributed by atoms with Crippen LogP contribution in [0.3, 0.4) is 0 Å². The first-order valence-corrected chi connectivity index (χ1v) is 6.88. The predicted octanol–water partition coefficient (Wildman–Crippen LogP) is 0.752. The Morgan fingerprint density at radius 1 is 0.789 bits per heavy atom. The first-order valence-electron chi connectivity index (χ1n) is 6.88.